The molecule has 4 rings (SSSR count). The molecule has 0 bridgehead atoms. The van der Waals surface area contributed by atoms with Gasteiger partial charge in [0.25, 0.3) is 0 Å². The van der Waals surface area contributed by atoms with E-state index in [-0.39, 0.29) is 50.0 Å². The monoisotopic (exact) mass is 705 g/mol. The van der Waals surface area contributed by atoms with Gasteiger partial charge in [0.2, 0.25) is 23.6 Å². The van der Waals surface area contributed by atoms with Crippen molar-refractivity contribution in [2.75, 3.05) is 39.5 Å². The van der Waals surface area contributed by atoms with Crippen LogP contribution in [0.25, 0.3) is 0 Å². The number of nitrogens with one attached hydrogen (secondary N) is 3. The van der Waals surface area contributed by atoms with Gasteiger partial charge in [-0.15, -0.1) is 0 Å². The molecular weight excluding hydrogens is 650 g/mol. The number of hydrogen-bond acceptors (Lipinski definition) is 8. The van der Waals surface area contributed by atoms with E-state index in [0.29, 0.717) is 45.6 Å². The van der Waals surface area contributed by atoms with Gasteiger partial charge in [0.05, 0.1) is 38.3 Å². The normalized spacial score (nSPS) is 20.3. The second-order valence-electron chi connectivity index (χ2n) is 14.4. The minimum absolute atomic E-state index is 0.0513. The highest BCUT2D eigenvalue weighted by atomic mass is 16.6. The largest absolute Gasteiger partial charge is 0.379 e. The van der Waals surface area contributed by atoms with Crippen molar-refractivity contribution < 1.29 is 33.4 Å². The van der Waals surface area contributed by atoms with Gasteiger partial charge in [-0.05, 0) is 56.1 Å². The first kappa shape index (κ1) is 39.7. The van der Waals surface area contributed by atoms with Crippen molar-refractivity contribution in [2.24, 2.45) is 17.6 Å². The predicted molar refractivity (Wildman–Crippen MR) is 193 cm³/mol. The molecule has 51 heavy (non-hydrogen) atoms. The van der Waals surface area contributed by atoms with Crippen molar-refractivity contribution in [2.45, 2.75) is 89.4 Å². The fourth-order valence-corrected chi connectivity index (χ4v) is 6.74. The SMILES string of the molecule is CCCC(NC(=O)[C@H](CCc1ccccc1)NC(=O)CN1CCOCC1)(C(N)=O)[C@H](Cc1ccccc1)C(=O)N[C@@H](CC(C)C)C(=O)[C@]1(C)CO1. The molecule has 0 aliphatic carbocycles. The molecule has 12 heteroatoms. The highest BCUT2D eigenvalue weighted by Gasteiger charge is 2.53. The Morgan fingerprint density at radius 2 is 1.51 bits per heavy atom. The zero-order valence-electron chi connectivity index (χ0n) is 30.5. The number of morpholine rings is 1. The third kappa shape index (κ3) is 11.2. The standard InChI is InChI=1S/C39H55N5O7/c1-5-18-39(37(40)49,30(24-29-14-10-7-11-15-29)35(47)42-32(23-27(2)3)34(46)38(4)26-51-38)43-36(48)31(17-16-28-12-8-6-9-13-28)41-33(45)25-44-19-21-50-22-20-44/h6-15,27,30-32H,5,16-26H2,1-4H3,(H2,40,49)(H,41,45)(H,42,47)(H,43,48)/t30-,31+,32+,38+,39?/m1/s1. The van der Waals surface area contributed by atoms with Crippen molar-refractivity contribution in [1.82, 2.24) is 20.9 Å². The summed E-state index contributed by atoms with van der Waals surface area (Å²) in [5.74, 6) is -3.77. The number of amides is 4. The molecule has 2 aliphatic rings. The number of aryl methyl sites for hydroxylation is 1. The molecule has 1 unspecified atom stereocenters. The Kier molecular flexibility index (Phi) is 14.3. The molecule has 0 aromatic heterocycles. The van der Waals surface area contributed by atoms with Crippen LogP contribution in [0.3, 0.4) is 0 Å². The number of nitrogens with two attached hydrogens (primary N) is 1. The molecule has 2 fully saturated rings. The molecule has 2 aromatic carbocycles. The van der Waals surface area contributed by atoms with E-state index in [0.717, 1.165) is 11.1 Å². The van der Waals surface area contributed by atoms with Crippen LogP contribution in [0.5, 0.6) is 0 Å². The quantitative estimate of drug-likeness (QED) is 0.152. The summed E-state index contributed by atoms with van der Waals surface area (Å²) in [6.45, 7) is 10.0. The maximum atomic E-state index is 14.5. The highest BCUT2D eigenvalue weighted by molar-refractivity contribution is 6.01. The third-order valence-electron chi connectivity index (χ3n) is 9.75. The van der Waals surface area contributed by atoms with Gasteiger partial charge in [0.1, 0.15) is 17.2 Å². The predicted octanol–water partition coefficient (Wildman–Crippen LogP) is 2.32. The van der Waals surface area contributed by atoms with Crippen molar-refractivity contribution in [3.63, 3.8) is 0 Å². The van der Waals surface area contributed by atoms with Gasteiger partial charge in [0, 0.05) is 13.1 Å². The smallest absolute Gasteiger partial charge is 0.244 e. The number of benzene rings is 2. The lowest BCUT2D eigenvalue weighted by molar-refractivity contribution is -0.143. The number of carbonyl (C=O) groups is 5. The van der Waals surface area contributed by atoms with Crippen molar-refractivity contribution >= 4 is 29.4 Å². The zero-order valence-corrected chi connectivity index (χ0v) is 30.5. The third-order valence-corrected chi connectivity index (χ3v) is 9.75. The zero-order chi connectivity index (χ0) is 37.0. The first-order chi connectivity index (χ1) is 24.4. The van der Waals surface area contributed by atoms with Crippen LogP contribution in [-0.2, 0) is 46.3 Å². The number of ether oxygens (including phenoxy) is 2. The van der Waals surface area contributed by atoms with Crippen LogP contribution in [0.2, 0.25) is 0 Å². The lowest BCUT2D eigenvalue weighted by atomic mass is 9.75. The lowest BCUT2D eigenvalue weighted by Gasteiger charge is -2.40. The van der Waals surface area contributed by atoms with E-state index >= 15 is 0 Å². The molecule has 2 aromatic rings. The summed E-state index contributed by atoms with van der Waals surface area (Å²) in [4.78, 5) is 71.5. The molecule has 2 aliphatic heterocycles. The summed E-state index contributed by atoms with van der Waals surface area (Å²) in [7, 11) is 0. The molecule has 4 amide bonds. The summed E-state index contributed by atoms with van der Waals surface area (Å²) >= 11 is 0. The number of nitrogens with zero attached hydrogens (tertiary/aromatic N) is 1. The Morgan fingerprint density at radius 3 is 2.06 bits per heavy atom. The molecule has 2 heterocycles. The molecule has 278 valence electrons. The maximum Gasteiger partial charge on any atom is 0.244 e. The van der Waals surface area contributed by atoms with E-state index in [4.69, 9.17) is 15.2 Å². The minimum atomic E-state index is -1.85. The van der Waals surface area contributed by atoms with E-state index in [1.807, 2.05) is 86.3 Å². The number of carbonyl (C=O) groups excluding carboxylic acids is 5. The van der Waals surface area contributed by atoms with Crippen molar-refractivity contribution in [3.8, 4) is 0 Å². The molecule has 12 nitrogen and oxygen atoms in total. The fraction of sp³-hybridized carbons (Fsp3) is 0.564. The van der Waals surface area contributed by atoms with Crippen LogP contribution >= 0.6 is 0 Å². The molecule has 0 spiro atoms. The number of primary amides is 1. The van der Waals surface area contributed by atoms with Crippen molar-refractivity contribution in [1.29, 1.82) is 0 Å². The van der Waals surface area contributed by atoms with E-state index in [1.165, 1.54) is 0 Å². The highest BCUT2D eigenvalue weighted by Crippen LogP contribution is 2.32. The van der Waals surface area contributed by atoms with Gasteiger partial charge in [-0.3, -0.25) is 28.9 Å². The summed E-state index contributed by atoms with van der Waals surface area (Å²) in [6.07, 6.45) is 1.59. The van der Waals surface area contributed by atoms with Gasteiger partial charge in [-0.2, -0.15) is 0 Å². The van der Waals surface area contributed by atoms with Crippen LogP contribution in [-0.4, -0.2) is 97.0 Å². The van der Waals surface area contributed by atoms with Crippen molar-refractivity contribution in [3.05, 3.63) is 71.8 Å². The maximum absolute atomic E-state index is 14.5. The fourth-order valence-electron chi connectivity index (χ4n) is 6.74. The van der Waals surface area contributed by atoms with Gasteiger partial charge in [-0.1, -0.05) is 87.9 Å². The molecule has 5 atom stereocenters. The first-order valence-electron chi connectivity index (χ1n) is 18.1. The number of ketones is 1. The molecule has 5 N–H and O–H groups in total. The topological polar surface area (TPSA) is 172 Å². The summed E-state index contributed by atoms with van der Waals surface area (Å²) in [6, 6.07) is 16.9. The Morgan fingerprint density at radius 1 is 0.902 bits per heavy atom. The molecule has 0 saturated carbocycles. The van der Waals surface area contributed by atoms with E-state index < -0.39 is 46.9 Å². The number of epoxide rings is 1. The van der Waals surface area contributed by atoms with Crippen LogP contribution < -0.4 is 21.7 Å². The van der Waals surface area contributed by atoms with Crippen LogP contribution in [0.4, 0.5) is 0 Å². The average Bonchev–Trinajstić information content (AvgIpc) is 3.87. The van der Waals surface area contributed by atoms with E-state index in [9.17, 15) is 24.0 Å². The second-order valence-corrected chi connectivity index (χ2v) is 14.4. The molecular formula is C39H55N5O7. The summed E-state index contributed by atoms with van der Waals surface area (Å²) in [5, 5.41) is 8.78. The first-order valence-corrected chi connectivity index (χ1v) is 18.1. The lowest BCUT2D eigenvalue weighted by Crippen LogP contribution is -2.68. The second kappa shape index (κ2) is 18.4. The van der Waals surface area contributed by atoms with Crippen LogP contribution in [0, 0.1) is 11.8 Å². The minimum Gasteiger partial charge on any atom is -0.379 e. The number of Topliss-reactive ketones (excluding diaryl/α,β-unsaturated/α-hetero) is 1. The van der Waals surface area contributed by atoms with Crippen LogP contribution in [0.1, 0.15) is 64.5 Å². The van der Waals surface area contributed by atoms with Gasteiger partial charge in [0.15, 0.2) is 5.78 Å². The van der Waals surface area contributed by atoms with Crippen LogP contribution in [0.15, 0.2) is 60.7 Å². The van der Waals surface area contributed by atoms with Gasteiger partial charge in [-0.25, -0.2) is 0 Å². The molecule has 2 saturated heterocycles. The Hall–Kier alpha value is -4.13. The Labute approximate surface area is 301 Å². The van der Waals surface area contributed by atoms with Gasteiger partial charge >= 0.3 is 0 Å². The van der Waals surface area contributed by atoms with E-state index in [1.54, 1.807) is 6.92 Å². The summed E-state index contributed by atoms with van der Waals surface area (Å²) in [5.41, 5.74) is 5.10. The Balaban J connectivity index is 1.67. The number of rotatable bonds is 20. The van der Waals surface area contributed by atoms with E-state index in [2.05, 4.69) is 16.0 Å². The number of hydrogen-bond donors (Lipinski definition) is 4. The average molecular weight is 706 g/mol. The Bertz CT molecular complexity index is 1480. The van der Waals surface area contributed by atoms with Gasteiger partial charge < -0.3 is 31.2 Å². The summed E-state index contributed by atoms with van der Waals surface area (Å²) < 4.78 is 10.8. The molecule has 0 radical (unpaired) electrons.